The third-order valence-corrected chi connectivity index (χ3v) is 2.55. The molecule has 0 fully saturated rings. The van der Waals surface area contributed by atoms with E-state index in [2.05, 4.69) is 9.98 Å². The summed E-state index contributed by atoms with van der Waals surface area (Å²) in [7, 11) is 0. The first-order chi connectivity index (χ1) is 8.47. The number of hydrogen-bond donors (Lipinski definition) is 1. The lowest BCUT2D eigenvalue weighted by Crippen LogP contribution is -2.34. The molecule has 0 atom stereocenters. The van der Waals surface area contributed by atoms with Gasteiger partial charge < -0.3 is 0 Å². The van der Waals surface area contributed by atoms with E-state index in [0.717, 1.165) is 16.3 Å². The van der Waals surface area contributed by atoms with Gasteiger partial charge in [0.1, 0.15) is 0 Å². The zero-order valence-corrected chi connectivity index (χ0v) is 10.8. The number of aliphatic imine (C=N–C) groups is 2. The topological polar surface area (TPSA) is 48.2 Å². The van der Waals surface area contributed by atoms with Crippen LogP contribution in [-0.4, -0.2) is 27.7 Å². The predicted molar refractivity (Wildman–Crippen MR) is 72.9 cm³/mol. The zero-order chi connectivity index (χ0) is 13.2. The fraction of sp³-hybridized carbons (Fsp3) is 0.286. The molecule has 0 radical (unpaired) electrons. The van der Waals surface area contributed by atoms with E-state index < -0.39 is 0 Å². The van der Waals surface area contributed by atoms with Gasteiger partial charge in [-0.25, -0.2) is 9.98 Å². The molecule has 0 aromatic heterocycles. The van der Waals surface area contributed by atoms with Crippen molar-refractivity contribution in [2.24, 2.45) is 9.98 Å². The molecular formula is C14H17N3O. The van der Waals surface area contributed by atoms with E-state index >= 15 is 0 Å². The summed E-state index contributed by atoms with van der Waals surface area (Å²) in [6, 6.07) is 9.84. The Kier molecular flexibility index (Phi) is 3.30. The van der Waals surface area contributed by atoms with Crippen LogP contribution in [-0.2, 0) is 0 Å². The van der Waals surface area contributed by atoms with Gasteiger partial charge in [-0.1, -0.05) is 30.3 Å². The highest BCUT2D eigenvalue weighted by Crippen LogP contribution is 2.16. The van der Waals surface area contributed by atoms with Crippen LogP contribution in [0.5, 0.6) is 0 Å². The van der Waals surface area contributed by atoms with Crippen LogP contribution in [0.1, 0.15) is 26.3 Å². The van der Waals surface area contributed by atoms with Gasteiger partial charge in [0.15, 0.2) is 5.82 Å². The first-order valence-electron chi connectivity index (χ1n) is 5.85. The first-order valence-corrected chi connectivity index (χ1v) is 5.85. The molecule has 0 aliphatic carbocycles. The lowest BCUT2D eigenvalue weighted by molar-refractivity contribution is -0.110. The SMILES string of the molecule is CC(C)(C)N(O)C=C1N=CC(c2ccccc2)=N1. The van der Waals surface area contributed by atoms with Gasteiger partial charge in [0.25, 0.3) is 0 Å². The van der Waals surface area contributed by atoms with Gasteiger partial charge in [0.2, 0.25) is 0 Å². The molecule has 0 spiro atoms. The van der Waals surface area contributed by atoms with Crippen molar-refractivity contribution < 1.29 is 5.21 Å². The van der Waals surface area contributed by atoms with Crippen LogP contribution in [0.15, 0.2) is 52.3 Å². The zero-order valence-electron chi connectivity index (χ0n) is 10.8. The van der Waals surface area contributed by atoms with Gasteiger partial charge in [0.05, 0.1) is 23.7 Å². The average molecular weight is 243 g/mol. The van der Waals surface area contributed by atoms with Crippen molar-refractivity contribution in [3.63, 3.8) is 0 Å². The Balaban J connectivity index is 2.20. The fourth-order valence-corrected chi connectivity index (χ4v) is 1.42. The molecule has 0 amide bonds. The lowest BCUT2D eigenvalue weighted by Gasteiger charge is -2.27. The van der Waals surface area contributed by atoms with E-state index in [-0.39, 0.29) is 5.54 Å². The molecule has 1 heterocycles. The van der Waals surface area contributed by atoms with Crippen molar-refractivity contribution in [1.29, 1.82) is 0 Å². The molecule has 2 rings (SSSR count). The van der Waals surface area contributed by atoms with Crippen LogP contribution in [0.2, 0.25) is 0 Å². The number of rotatable bonds is 2. The molecule has 0 unspecified atom stereocenters. The lowest BCUT2D eigenvalue weighted by atomic mass is 10.1. The summed E-state index contributed by atoms with van der Waals surface area (Å²) < 4.78 is 0. The maximum atomic E-state index is 9.82. The van der Waals surface area contributed by atoms with Crippen LogP contribution in [0, 0.1) is 0 Å². The number of nitrogens with zero attached hydrogens (tertiary/aromatic N) is 3. The average Bonchev–Trinajstić information content (AvgIpc) is 2.77. The van der Waals surface area contributed by atoms with Crippen LogP contribution in [0.25, 0.3) is 0 Å². The summed E-state index contributed by atoms with van der Waals surface area (Å²) in [6.07, 6.45) is 3.24. The molecule has 0 saturated carbocycles. The Labute approximate surface area is 107 Å². The summed E-state index contributed by atoms with van der Waals surface area (Å²) in [4.78, 5) is 8.54. The molecule has 1 aromatic rings. The minimum Gasteiger partial charge on any atom is -0.288 e. The van der Waals surface area contributed by atoms with Crippen molar-refractivity contribution in [2.75, 3.05) is 0 Å². The van der Waals surface area contributed by atoms with Crippen LogP contribution in [0.3, 0.4) is 0 Å². The van der Waals surface area contributed by atoms with E-state index in [0.29, 0.717) is 5.82 Å². The third-order valence-electron chi connectivity index (χ3n) is 2.55. The summed E-state index contributed by atoms with van der Waals surface area (Å²) in [6.45, 7) is 5.72. The van der Waals surface area contributed by atoms with Gasteiger partial charge in [0, 0.05) is 5.56 Å². The van der Waals surface area contributed by atoms with E-state index in [1.54, 1.807) is 6.21 Å². The standard InChI is InChI=1S/C14H17N3O/c1-14(2,3)17(18)10-13-15-9-12(16-13)11-7-5-4-6-8-11/h4-10,18H,1-3H3. The van der Waals surface area contributed by atoms with Gasteiger partial charge in [-0.3, -0.25) is 10.3 Å². The van der Waals surface area contributed by atoms with Crippen molar-refractivity contribution in [3.8, 4) is 0 Å². The Hall–Kier alpha value is -1.94. The Bertz CT molecular complexity index is 510. The molecular weight excluding hydrogens is 226 g/mol. The second-order valence-electron chi connectivity index (χ2n) is 5.12. The van der Waals surface area contributed by atoms with E-state index in [1.807, 2.05) is 51.1 Å². The summed E-state index contributed by atoms with van der Waals surface area (Å²) in [5, 5.41) is 10.9. The van der Waals surface area contributed by atoms with Crippen molar-refractivity contribution in [1.82, 2.24) is 5.06 Å². The van der Waals surface area contributed by atoms with E-state index in [1.165, 1.54) is 6.20 Å². The van der Waals surface area contributed by atoms with Crippen LogP contribution >= 0.6 is 0 Å². The number of hydrogen-bond acceptors (Lipinski definition) is 4. The second-order valence-corrected chi connectivity index (χ2v) is 5.12. The molecule has 4 nitrogen and oxygen atoms in total. The summed E-state index contributed by atoms with van der Waals surface area (Å²) in [5.41, 5.74) is 1.46. The molecule has 1 aliphatic heterocycles. The maximum Gasteiger partial charge on any atom is 0.171 e. The van der Waals surface area contributed by atoms with E-state index in [4.69, 9.17) is 0 Å². The molecule has 1 N–H and O–H groups in total. The first kappa shape index (κ1) is 12.5. The molecule has 0 saturated heterocycles. The third kappa shape index (κ3) is 2.84. The van der Waals surface area contributed by atoms with Crippen molar-refractivity contribution in [3.05, 3.63) is 47.9 Å². The highest BCUT2D eigenvalue weighted by Gasteiger charge is 2.18. The summed E-state index contributed by atoms with van der Waals surface area (Å²) in [5.74, 6) is 0.506. The molecule has 18 heavy (non-hydrogen) atoms. The molecule has 1 aliphatic rings. The molecule has 94 valence electrons. The highest BCUT2D eigenvalue weighted by molar-refractivity contribution is 6.39. The van der Waals surface area contributed by atoms with E-state index in [9.17, 15) is 5.21 Å². The minimum atomic E-state index is -0.368. The largest absolute Gasteiger partial charge is 0.288 e. The van der Waals surface area contributed by atoms with Gasteiger partial charge in [-0.15, -0.1) is 0 Å². The predicted octanol–water partition coefficient (Wildman–Crippen LogP) is 2.85. The fourth-order valence-electron chi connectivity index (χ4n) is 1.42. The number of benzene rings is 1. The Morgan fingerprint density at radius 3 is 2.44 bits per heavy atom. The van der Waals surface area contributed by atoms with Crippen LogP contribution < -0.4 is 0 Å². The molecule has 0 bridgehead atoms. The van der Waals surface area contributed by atoms with Crippen molar-refractivity contribution >= 4 is 11.9 Å². The quantitative estimate of drug-likeness (QED) is 0.812. The smallest absolute Gasteiger partial charge is 0.171 e. The van der Waals surface area contributed by atoms with Crippen molar-refractivity contribution in [2.45, 2.75) is 26.3 Å². The van der Waals surface area contributed by atoms with Gasteiger partial charge in [-0.2, -0.15) is 0 Å². The maximum absolute atomic E-state index is 9.82. The summed E-state index contributed by atoms with van der Waals surface area (Å²) >= 11 is 0. The molecule has 4 heteroatoms. The monoisotopic (exact) mass is 243 g/mol. The van der Waals surface area contributed by atoms with Gasteiger partial charge in [-0.05, 0) is 20.8 Å². The normalized spacial score (nSPS) is 17.1. The Morgan fingerprint density at radius 2 is 1.83 bits per heavy atom. The minimum absolute atomic E-state index is 0.368. The Morgan fingerprint density at radius 1 is 1.17 bits per heavy atom. The number of hydroxylamine groups is 2. The molecule has 1 aromatic carbocycles. The highest BCUT2D eigenvalue weighted by atomic mass is 16.5. The second kappa shape index (κ2) is 4.74. The van der Waals surface area contributed by atoms with Crippen LogP contribution in [0.4, 0.5) is 0 Å². The van der Waals surface area contributed by atoms with Gasteiger partial charge >= 0.3 is 0 Å².